The van der Waals surface area contributed by atoms with Crippen LogP contribution in [0.25, 0.3) is 0 Å². The molecular formula is C18H19ClFN. The van der Waals surface area contributed by atoms with Gasteiger partial charge in [-0.25, -0.2) is 4.39 Å². The Labute approximate surface area is 130 Å². The molecule has 0 radical (unpaired) electrons. The van der Waals surface area contributed by atoms with E-state index >= 15 is 0 Å². The number of halogens is 2. The maximum Gasteiger partial charge on any atom is 0.123 e. The Hall–Kier alpha value is -1.38. The highest BCUT2D eigenvalue weighted by molar-refractivity contribution is 6.30. The minimum atomic E-state index is -0.183. The van der Waals surface area contributed by atoms with Gasteiger partial charge in [-0.15, -0.1) is 0 Å². The molecule has 1 aliphatic rings. The van der Waals surface area contributed by atoms with Crippen LogP contribution >= 0.6 is 11.6 Å². The van der Waals surface area contributed by atoms with E-state index in [9.17, 15) is 4.39 Å². The number of benzene rings is 2. The average molecular weight is 304 g/mol. The minimum Gasteiger partial charge on any atom is -0.307 e. The molecule has 1 atom stereocenters. The molecule has 0 amide bonds. The first-order chi connectivity index (χ1) is 10.1. The van der Waals surface area contributed by atoms with Gasteiger partial charge < -0.3 is 5.32 Å². The molecule has 1 aliphatic carbocycles. The molecule has 1 saturated carbocycles. The van der Waals surface area contributed by atoms with E-state index in [-0.39, 0.29) is 11.9 Å². The Kier molecular flexibility index (Phi) is 4.27. The van der Waals surface area contributed by atoms with Gasteiger partial charge in [0.25, 0.3) is 0 Å². The predicted molar refractivity (Wildman–Crippen MR) is 85.2 cm³/mol. The summed E-state index contributed by atoms with van der Waals surface area (Å²) in [6.07, 6.45) is 2.29. The van der Waals surface area contributed by atoms with Crippen LogP contribution < -0.4 is 5.32 Å². The van der Waals surface area contributed by atoms with Crippen LogP contribution in [0.1, 0.15) is 42.9 Å². The molecule has 1 N–H and O–H groups in total. The van der Waals surface area contributed by atoms with Crippen molar-refractivity contribution < 1.29 is 4.39 Å². The molecule has 3 heteroatoms. The lowest BCUT2D eigenvalue weighted by Gasteiger charge is -2.38. The van der Waals surface area contributed by atoms with Crippen molar-refractivity contribution in [2.24, 2.45) is 0 Å². The van der Waals surface area contributed by atoms with Crippen molar-refractivity contribution >= 4 is 11.6 Å². The van der Waals surface area contributed by atoms with Crippen LogP contribution in [0.3, 0.4) is 0 Å². The second-order valence-electron chi connectivity index (χ2n) is 5.86. The maximum atomic E-state index is 12.9. The van der Waals surface area contributed by atoms with Gasteiger partial charge in [0.1, 0.15) is 5.82 Å². The van der Waals surface area contributed by atoms with E-state index in [4.69, 9.17) is 11.6 Å². The zero-order chi connectivity index (χ0) is 14.8. The van der Waals surface area contributed by atoms with Crippen LogP contribution in [-0.2, 0) is 0 Å². The number of hydrogen-bond acceptors (Lipinski definition) is 1. The fourth-order valence-electron chi connectivity index (χ4n) is 2.96. The van der Waals surface area contributed by atoms with Crippen molar-refractivity contribution in [3.63, 3.8) is 0 Å². The Balaban J connectivity index is 1.52. The summed E-state index contributed by atoms with van der Waals surface area (Å²) in [5.41, 5.74) is 2.50. The molecule has 0 bridgehead atoms. The van der Waals surface area contributed by atoms with Gasteiger partial charge in [0.2, 0.25) is 0 Å². The highest BCUT2D eigenvalue weighted by atomic mass is 35.5. The summed E-state index contributed by atoms with van der Waals surface area (Å²) in [5, 5.41) is 4.40. The van der Waals surface area contributed by atoms with E-state index in [1.54, 1.807) is 0 Å². The molecule has 110 valence electrons. The van der Waals surface area contributed by atoms with E-state index in [0.717, 1.165) is 23.4 Å². The van der Waals surface area contributed by atoms with Gasteiger partial charge in [0, 0.05) is 17.1 Å². The van der Waals surface area contributed by atoms with Crippen LogP contribution in [0.5, 0.6) is 0 Å². The average Bonchev–Trinajstić information content (AvgIpc) is 2.44. The first-order valence-corrected chi connectivity index (χ1v) is 7.76. The normalized spacial score (nSPS) is 22.6. The van der Waals surface area contributed by atoms with E-state index in [1.807, 2.05) is 24.3 Å². The fraction of sp³-hybridized carbons (Fsp3) is 0.333. The van der Waals surface area contributed by atoms with Crippen molar-refractivity contribution in [2.45, 2.75) is 37.8 Å². The predicted octanol–water partition coefficient (Wildman–Crippen LogP) is 5.08. The molecule has 0 saturated heterocycles. The van der Waals surface area contributed by atoms with Gasteiger partial charge in [0.05, 0.1) is 0 Å². The second-order valence-corrected chi connectivity index (χ2v) is 6.29. The third-order valence-electron chi connectivity index (χ3n) is 4.34. The molecule has 2 aromatic carbocycles. The van der Waals surface area contributed by atoms with Crippen LogP contribution in [0.4, 0.5) is 4.39 Å². The highest BCUT2D eigenvalue weighted by Crippen LogP contribution is 2.38. The summed E-state index contributed by atoms with van der Waals surface area (Å²) in [5.74, 6) is 0.442. The van der Waals surface area contributed by atoms with Gasteiger partial charge in [-0.2, -0.15) is 0 Å². The zero-order valence-electron chi connectivity index (χ0n) is 12.0. The Bertz CT molecular complexity index is 588. The summed E-state index contributed by atoms with van der Waals surface area (Å²) in [4.78, 5) is 0. The number of nitrogens with one attached hydrogen (secondary N) is 1. The standard InChI is InChI=1S/C18H19ClFN/c1-12(13-4-8-17(20)9-5-13)21-18-10-15(11-18)14-2-6-16(19)7-3-14/h2-9,12,15,18,21H,10-11H2,1H3/t12-,15?,18?/m1/s1. The van der Waals surface area contributed by atoms with Gasteiger partial charge in [-0.05, 0) is 61.1 Å². The van der Waals surface area contributed by atoms with Crippen molar-refractivity contribution in [3.8, 4) is 0 Å². The van der Waals surface area contributed by atoms with Crippen LogP contribution in [0.2, 0.25) is 5.02 Å². The summed E-state index contributed by atoms with van der Waals surface area (Å²) >= 11 is 5.91. The zero-order valence-corrected chi connectivity index (χ0v) is 12.8. The van der Waals surface area contributed by atoms with Gasteiger partial charge in [-0.3, -0.25) is 0 Å². The Morgan fingerprint density at radius 2 is 1.67 bits per heavy atom. The molecular weight excluding hydrogens is 285 g/mol. The number of hydrogen-bond donors (Lipinski definition) is 1. The van der Waals surface area contributed by atoms with Crippen LogP contribution in [0, 0.1) is 5.82 Å². The van der Waals surface area contributed by atoms with E-state index in [2.05, 4.69) is 24.4 Å². The smallest absolute Gasteiger partial charge is 0.123 e. The summed E-state index contributed by atoms with van der Waals surface area (Å²) in [6, 6.07) is 15.7. The van der Waals surface area contributed by atoms with Gasteiger partial charge >= 0.3 is 0 Å². The molecule has 1 nitrogen and oxygen atoms in total. The lowest BCUT2D eigenvalue weighted by atomic mass is 9.75. The second kappa shape index (κ2) is 6.17. The van der Waals surface area contributed by atoms with E-state index in [0.29, 0.717) is 12.0 Å². The van der Waals surface area contributed by atoms with Crippen molar-refractivity contribution in [1.29, 1.82) is 0 Å². The van der Waals surface area contributed by atoms with Crippen molar-refractivity contribution in [1.82, 2.24) is 5.32 Å². The molecule has 0 aliphatic heterocycles. The molecule has 0 unspecified atom stereocenters. The van der Waals surface area contributed by atoms with Gasteiger partial charge in [0.15, 0.2) is 0 Å². The van der Waals surface area contributed by atoms with E-state index in [1.165, 1.54) is 17.7 Å². The first-order valence-electron chi connectivity index (χ1n) is 7.39. The van der Waals surface area contributed by atoms with Crippen molar-refractivity contribution in [2.75, 3.05) is 0 Å². The lowest BCUT2D eigenvalue weighted by molar-refractivity contribution is 0.271. The first kappa shape index (κ1) is 14.6. The molecule has 0 aromatic heterocycles. The van der Waals surface area contributed by atoms with E-state index < -0.39 is 0 Å². The third-order valence-corrected chi connectivity index (χ3v) is 4.59. The molecule has 3 rings (SSSR count). The quantitative estimate of drug-likeness (QED) is 0.831. The SMILES string of the molecule is C[C@@H](NC1CC(c2ccc(Cl)cc2)C1)c1ccc(F)cc1. The van der Waals surface area contributed by atoms with Crippen LogP contribution in [-0.4, -0.2) is 6.04 Å². The van der Waals surface area contributed by atoms with Gasteiger partial charge in [-0.1, -0.05) is 35.9 Å². The molecule has 0 spiro atoms. The molecule has 1 fully saturated rings. The summed E-state index contributed by atoms with van der Waals surface area (Å²) in [6.45, 7) is 2.13. The molecule has 0 heterocycles. The molecule has 2 aromatic rings. The Morgan fingerprint density at radius 1 is 1.05 bits per heavy atom. The summed E-state index contributed by atoms with van der Waals surface area (Å²) in [7, 11) is 0. The van der Waals surface area contributed by atoms with Crippen molar-refractivity contribution in [3.05, 3.63) is 70.5 Å². The largest absolute Gasteiger partial charge is 0.307 e. The summed E-state index contributed by atoms with van der Waals surface area (Å²) < 4.78 is 12.9. The number of rotatable bonds is 4. The topological polar surface area (TPSA) is 12.0 Å². The fourth-order valence-corrected chi connectivity index (χ4v) is 3.09. The Morgan fingerprint density at radius 3 is 2.29 bits per heavy atom. The third kappa shape index (κ3) is 3.45. The minimum absolute atomic E-state index is 0.183. The highest BCUT2D eigenvalue weighted by Gasteiger charge is 2.30. The lowest BCUT2D eigenvalue weighted by Crippen LogP contribution is -2.41. The maximum absolute atomic E-state index is 12.9. The van der Waals surface area contributed by atoms with Crippen LogP contribution in [0.15, 0.2) is 48.5 Å². The molecule has 21 heavy (non-hydrogen) atoms. The monoisotopic (exact) mass is 303 g/mol.